The van der Waals surface area contributed by atoms with Crippen LogP contribution in [0, 0.1) is 23.5 Å². The molecule has 3 aromatic rings. The molecule has 0 N–H and O–H groups in total. The minimum absolute atomic E-state index is 0.164. The minimum Gasteiger partial charge on any atom is -0.453 e. The third-order valence-corrected chi connectivity index (χ3v) is 7.37. The van der Waals surface area contributed by atoms with E-state index in [0.717, 1.165) is 17.0 Å². The SMILES string of the molecule is CCCCC1CCC(C=Cc2ccc(-c3ccc(C(F)(F)Oc4cc(F)c(OC=C(F)F)c(F)c4)cc3)cc2)CC1. The average molecular weight is 575 g/mol. The number of allylic oxidation sites excluding steroid dienone is 1. The fourth-order valence-corrected chi connectivity index (χ4v) is 5.07. The van der Waals surface area contributed by atoms with E-state index in [1.807, 2.05) is 24.3 Å². The van der Waals surface area contributed by atoms with Crippen LogP contribution in [-0.2, 0) is 6.11 Å². The molecule has 0 bridgehead atoms. The van der Waals surface area contributed by atoms with Gasteiger partial charge in [0.05, 0.1) is 5.56 Å². The number of ether oxygens (including phenoxy) is 2. The summed E-state index contributed by atoms with van der Waals surface area (Å²) in [6.07, 6.45) is 6.99. The van der Waals surface area contributed by atoms with Gasteiger partial charge in [0.25, 0.3) is 0 Å². The molecule has 1 fully saturated rings. The Morgan fingerprint density at radius 3 is 2.02 bits per heavy atom. The molecule has 0 spiro atoms. The van der Waals surface area contributed by atoms with Gasteiger partial charge in [0.2, 0.25) is 0 Å². The summed E-state index contributed by atoms with van der Waals surface area (Å²) in [6, 6.07) is 14.0. The summed E-state index contributed by atoms with van der Waals surface area (Å²) in [4.78, 5) is 0. The highest BCUT2D eigenvalue weighted by molar-refractivity contribution is 5.66. The molecule has 1 aliphatic rings. The van der Waals surface area contributed by atoms with Gasteiger partial charge in [-0.1, -0.05) is 74.7 Å². The van der Waals surface area contributed by atoms with Crippen LogP contribution in [0.25, 0.3) is 17.2 Å². The van der Waals surface area contributed by atoms with Gasteiger partial charge < -0.3 is 9.47 Å². The molecule has 41 heavy (non-hydrogen) atoms. The molecule has 0 aromatic heterocycles. The lowest BCUT2D eigenvalue weighted by atomic mass is 9.79. The van der Waals surface area contributed by atoms with Crippen molar-refractivity contribution in [3.63, 3.8) is 0 Å². The van der Waals surface area contributed by atoms with Gasteiger partial charge in [0, 0.05) is 12.1 Å². The van der Waals surface area contributed by atoms with Crippen LogP contribution in [0.1, 0.15) is 63.0 Å². The molecule has 2 nitrogen and oxygen atoms in total. The van der Waals surface area contributed by atoms with Crippen LogP contribution in [0.15, 0.2) is 79.1 Å². The zero-order valence-corrected chi connectivity index (χ0v) is 22.7. The molecule has 1 aliphatic carbocycles. The van der Waals surface area contributed by atoms with Gasteiger partial charge in [0.1, 0.15) is 5.75 Å². The van der Waals surface area contributed by atoms with E-state index in [-0.39, 0.29) is 6.26 Å². The summed E-state index contributed by atoms with van der Waals surface area (Å²) in [5.41, 5.74) is 2.08. The number of benzene rings is 3. The summed E-state index contributed by atoms with van der Waals surface area (Å²) < 4.78 is 90.6. The van der Waals surface area contributed by atoms with Crippen molar-refractivity contribution in [2.24, 2.45) is 11.8 Å². The van der Waals surface area contributed by atoms with Crippen LogP contribution in [0.5, 0.6) is 11.5 Å². The molecular formula is C33H32F6O2. The largest absolute Gasteiger partial charge is 0.453 e. The average Bonchev–Trinajstić information content (AvgIpc) is 2.95. The van der Waals surface area contributed by atoms with Gasteiger partial charge >= 0.3 is 12.2 Å². The molecule has 0 saturated heterocycles. The first kappa shape index (κ1) is 30.3. The second kappa shape index (κ2) is 13.8. The molecule has 0 unspecified atom stereocenters. The van der Waals surface area contributed by atoms with Crippen molar-refractivity contribution in [1.82, 2.24) is 0 Å². The predicted octanol–water partition coefficient (Wildman–Crippen LogP) is 10.9. The van der Waals surface area contributed by atoms with Crippen molar-refractivity contribution >= 4 is 6.08 Å². The van der Waals surface area contributed by atoms with Gasteiger partial charge in [-0.05, 0) is 66.3 Å². The minimum atomic E-state index is -3.92. The van der Waals surface area contributed by atoms with Crippen LogP contribution in [0.3, 0.4) is 0 Å². The molecule has 0 atom stereocenters. The fraction of sp³-hybridized carbons (Fsp3) is 0.333. The molecule has 0 heterocycles. The topological polar surface area (TPSA) is 18.5 Å². The third-order valence-electron chi connectivity index (χ3n) is 7.37. The van der Waals surface area contributed by atoms with E-state index < -0.39 is 40.9 Å². The first-order valence-electron chi connectivity index (χ1n) is 13.8. The van der Waals surface area contributed by atoms with Crippen LogP contribution < -0.4 is 9.47 Å². The Morgan fingerprint density at radius 1 is 0.878 bits per heavy atom. The van der Waals surface area contributed by atoms with Gasteiger partial charge in [-0.15, -0.1) is 0 Å². The standard InChI is InChI=1S/C33H32F6O2/c1-2-3-4-22-5-7-23(8-6-22)9-10-24-11-13-25(14-12-24)26-15-17-27(18-16-26)33(38,39)41-28-19-29(34)32(30(35)20-28)40-21-31(36)37/h9-23H,2-8H2,1H3. The first-order chi connectivity index (χ1) is 19.6. The maximum Gasteiger partial charge on any atom is 0.426 e. The van der Waals surface area contributed by atoms with Gasteiger partial charge in [-0.25, -0.2) is 8.78 Å². The van der Waals surface area contributed by atoms with E-state index in [4.69, 9.17) is 0 Å². The molecule has 4 rings (SSSR count). The van der Waals surface area contributed by atoms with E-state index in [0.29, 0.717) is 23.6 Å². The summed E-state index contributed by atoms with van der Waals surface area (Å²) in [7, 11) is 0. The van der Waals surface area contributed by atoms with Crippen LogP contribution in [0.2, 0.25) is 0 Å². The van der Waals surface area contributed by atoms with Gasteiger partial charge in [-0.3, -0.25) is 0 Å². The number of halogens is 6. The highest BCUT2D eigenvalue weighted by Gasteiger charge is 2.35. The maximum absolute atomic E-state index is 14.7. The lowest BCUT2D eigenvalue weighted by Crippen LogP contribution is -2.22. The third kappa shape index (κ3) is 8.41. The Balaban J connectivity index is 1.36. The van der Waals surface area contributed by atoms with Crippen molar-refractivity contribution in [2.45, 2.75) is 58.0 Å². The van der Waals surface area contributed by atoms with Gasteiger partial charge in [-0.2, -0.15) is 17.6 Å². The number of alkyl halides is 2. The van der Waals surface area contributed by atoms with Crippen molar-refractivity contribution < 1.29 is 35.8 Å². The van der Waals surface area contributed by atoms with E-state index in [1.54, 1.807) is 0 Å². The summed E-state index contributed by atoms with van der Waals surface area (Å²) in [6.45, 7) is 2.24. The normalized spacial score (nSPS) is 17.4. The highest BCUT2D eigenvalue weighted by Crippen LogP contribution is 2.36. The Morgan fingerprint density at radius 2 is 1.46 bits per heavy atom. The molecule has 1 saturated carbocycles. The molecule has 3 aromatic carbocycles. The number of hydrogen-bond donors (Lipinski definition) is 0. The van der Waals surface area contributed by atoms with Crippen LogP contribution in [-0.4, -0.2) is 0 Å². The van der Waals surface area contributed by atoms with E-state index >= 15 is 0 Å². The molecule has 0 radical (unpaired) electrons. The summed E-state index contributed by atoms with van der Waals surface area (Å²) in [5.74, 6) is -3.47. The summed E-state index contributed by atoms with van der Waals surface area (Å²) >= 11 is 0. The first-order valence-corrected chi connectivity index (χ1v) is 13.8. The quantitative estimate of drug-likeness (QED) is 0.168. The molecule has 0 amide bonds. The van der Waals surface area contributed by atoms with Crippen molar-refractivity contribution in [2.75, 3.05) is 0 Å². The number of hydrogen-bond acceptors (Lipinski definition) is 2. The lowest BCUT2D eigenvalue weighted by molar-refractivity contribution is -0.185. The zero-order chi connectivity index (χ0) is 29.4. The summed E-state index contributed by atoms with van der Waals surface area (Å²) in [5, 5.41) is 0. The highest BCUT2D eigenvalue weighted by atomic mass is 19.3. The molecular weight excluding hydrogens is 542 g/mol. The number of unbranched alkanes of at least 4 members (excludes halogenated alkanes) is 1. The monoisotopic (exact) mass is 574 g/mol. The van der Waals surface area contributed by atoms with Gasteiger partial charge in [0.15, 0.2) is 23.6 Å². The number of rotatable bonds is 11. The zero-order valence-electron chi connectivity index (χ0n) is 22.7. The second-order valence-electron chi connectivity index (χ2n) is 10.3. The molecule has 0 aliphatic heterocycles. The lowest BCUT2D eigenvalue weighted by Gasteiger charge is -2.26. The Labute approximate surface area is 236 Å². The van der Waals surface area contributed by atoms with E-state index in [2.05, 4.69) is 28.5 Å². The second-order valence-corrected chi connectivity index (χ2v) is 10.3. The van der Waals surface area contributed by atoms with Crippen molar-refractivity contribution in [3.05, 3.63) is 102 Å². The van der Waals surface area contributed by atoms with E-state index in [1.165, 1.54) is 69.2 Å². The van der Waals surface area contributed by atoms with Crippen molar-refractivity contribution in [3.8, 4) is 22.6 Å². The van der Waals surface area contributed by atoms with Crippen LogP contribution >= 0.6 is 0 Å². The van der Waals surface area contributed by atoms with Crippen LogP contribution in [0.4, 0.5) is 26.3 Å². The molecule has 8 heteroatoms. The maximum atomic E-state index is 14.7. The van der Waals surface area contributed by atoms with Crippen molar-refractivity contribution in [1.29, 1.82) is 0 Å². The Hall–Kier alpha value is -3.68. The predicted molar refractivity (Wildman–Crippen MR) is 148 cm³/mol. The smallest absolute Gasteiger partial charge is 0.426 e. The molecule has 218 valence electrons. The van der Waals surface area contributed by atoms with E-state index in [9.17, 15) is 26.3 Å². The Kier molecular flexibility index (Phi) is 10.2. The fourth-order valence-electron chi connectivity index (χ4n) is 5.07. The Bertz CT molecular complexity index is 1310.